The number of isocyanates is 3. The second kappa shape index (κ2) is 20.2. The van der Waals surface area contributed by atoms with E-state index in [9.17, 15) is 14.4 Å². The van der Waals surface area contributed by atoms with Crippen molar-refractivity contribution in [2.45, 2.75) is 0 Å². The SMILES string of the molecule is O=C=Nc1ccc(N(c2ccccc2)c2ccc(N(c3ccc(N(c4ccccc4)c4ccc(N=C=O)cc4)cc3)c3ccc(N(c4ccccc4)c4ccc(N=C=O)cc4)cc3)cc2)cc1. The van der Waals surface area contributed by atoms with Crippen LogP contribution in [0.1, 0.15) is 0 Å². The van der Waals surface area contributed by atoms with Crippen LogP contribution in [0, 0.1) is 0 Å². The van der Waals surface area contributed by atoms with Crippen molar-refractivity contribution < 1.29 is 14.4 Å². The van der Waals surface area contributed by atoms with Gasteiger partial charge in [0, 0.05) is 68.2 Å². The number of aliphatic imine (C=N–C) groups is 3. The maximum atomic E-state index is 11.0. The molecule has 0 atom stereocenters. The summed E-state index contributed by atoms with van der Waals surface area (Å²) < 4.78 is 0. The lowest BCUT2D eigenvalue weighted by atomic mass is 10.1. The first-order valence-corrected chi connectivity index (χ1v) is 21.3. The van der Waals surface area contributed by atoms with Gasteiger partial charge in [-0.3, -0.25) is 0 Å². The Balaban J connectivity index is 1.13. The number of anilines is 12. The predicted octanol–water partition coefficient (Wildman–Crippen LogP) is 15.5. The van der Waals surface area contributed by atoms with Crippen LogP contribution in [-0.2, 0) is 14.4 Å². The molecule has 0 N–H and O–H groups in total. The summed E-state index contributed by atoms with van der Waals surface area (Å²) in [5.74, 6) is 0. The van der Waals surface area contributed by atoms with Crippen molar-refractivity contribution in [2.24, 2.45) is 15.0 Å². The van der Waals surface area contributed by atoms with Crippen LogP contribution in [-0.4, -0.2) is 18.2 Å². The van der Waals surface area contributed by atoms with Gasteiger partial charge >= 0.3 is 0 Å². The van der Waals surface area contributed by atoms with E-state index in [4.69, 9.17) is 0 Å². The van der Waals surface area contributed by atoms with E-state index in [1.807, 2.05) is 91.0 Å². The Kier molecular flexibility index (Phi) is 12.9. The Bertz CT molecular complexity index is 2860. The first kappa shape index (κ1) is 42.6. The highest BCUT2D eigenvalue weighted by molar-refractivity contribution is 5.85. The molecule has 0 fully saturated rings. The van der Waals surface area contributed by atoms with Gasteiger partial charge < -0.3 is 19.6 Å². The largest absolute Gasteiger partial charge is 0.311 e. The van der Waals surface area contributed by atoms with Gasteiger partial charge in [0.2, 0.25) is 18.2 Å². The molecule has 0 heterocycles. The van der Waals surface area contributed by atoms with E-state index in [-0.39, 0.29) is 0 Å². The van der Waals surface area contributed by atoms with Crippen molar-refractivity contribution in [3.63, 3.8) is 0 Å². The highest BCUT2D eigenvalue weighted by Crippen LogP contribution is 2.43. The van der Waals surface area contributed by atoms with Crippen molar-refractivity contribution in [3.8, 4) is 0 Å². The number of nitrogens with zero attached hydrogens (tertiary/aromatic N) is 7. The molecule has 9 aromatic carbocycles. The summed E-state index contributed by atoms with van der Waals surface area (Å²) in [7, 11) is 0. The number of benzene rings is 9. The van der Waals surface area contributed by atoms with Crippen LogP contribution in [0.5, 0.6) is 0 Å². The molecule has 0 aliphatic rings. The Morgan fingerprint density at radius 3 is 0.522 bits per heavy atom. The molecule has 9 aromatic rings. The summed E-state index contributed by atoms with van der Waals surface area (Å²) in [5, 5.41) is 0. The van der Waals surface area contributed by atoms with Gasteiger partial charge in [-0.15, -0.1) is 0 Å². The minimum absolute atomic E-state index is 0.526. The van der Waals surface area contributed by atoms with E-state index in [0.29, 0.717) is 17.1 Å². The molecular weight excluding hydrogens is 831 g/mol. The maximum Gasteiger partial charge on any atom is 0.240 e. The minimum atomic E-state index is 0.526. The van der Waals surface area contributed by atoms with Gasteiger partial charge in [-0.25, -0.2) is 14.4 Å². The molecule has 9 rings (SSSR count). The minimum Gasteiger partial charge on any atom is -0.311 e. The summed E-state index contributed by atoms with van der Waals surface area (Å²) in [5.41, 5.74) is 12.7. The lowest BCUT2D eigenvalue weighted by Crippen LogP contribution is -2.13. The smallest absolute Gasteiger partial charge is 0.240 e. The molecule has 0 aliphatic carbocycles. The van der Waals surface area contributed by atoms with Gasteiger partial charge in [0.15, 0.2) is 0 Å². The van der Waals surface area contributed by atoms with Crippen LogP contribution in [0.3, 0.4) is 0 Å². The molecule has 0 unspecified atom stereocenters. The number of carbonyl (C=O) groups excluding carboxylic acids is 3. The highest BCUT2D eigenvalue weighted by Gasteiger charge is 2.20. The van der Waals surface area contributed by atoms with Gasteiger partial charge in [0.1, 0.15) is 0 Å². The van der Waals surface area contributed by atoms with Gasteiger partial charge in [0.25, 0.3) is 0 Å². The molecule has 0 bridgehead atoms. The van der Waals surface area contributed by atoms with Gasteiger partial charge in [0.05, 0.1) is 17.1 Å². The zero-order valence-electron chi connectivity index (χ0n) is 35.9. The predicted molar refractivity (Wildman–Crippen MR) is 269 cm³/mol. The molecular formula is C57H39N7O3. The third-order valence-corrected chi connectivity index (χ3v) is 11.0. The van der Waals surface area contributed by atoms with Crippen molar-refractivity contribution in [2.75, 3.05) is 19.6 Å². The topological polar surface area (TPSA) is 101 Å². The lowest BCUT2D eigenvalue weighted by molar-refractivity contribution is 0.564. The van der Waals surface area contributed by atoms with Crippen LogP contribution < -0.4 is 19.6 Å². The van der Waals surface area contributed by atoms with Crippen molar-refractivity contribution in [1.29, 1.82) is 0 Å². The van der Waals surface area contributed by atoms with Crippen LogP contribution in [0.4, 0.5) is 85.3 Å². The fourth-order valence-electron chi connectivity index (χ4n) is 7.96. The molecule has 67 heavy (non-hydrogen) atoms. The summed E-state index contributed by atoms with van der Waals surface area (Å²) in [6, 6.07) is 77.9. The fourth-order valence-corrected chi connectivity index (χ4v) is 7.96. The zero-order chi connectivity index (χ0) is 45.8. The van der Waals surface area contributed by atoms with E-state index in [1.54, 1.807) is 54.6 Å². The van der Waals surface area contributed by atoms with Gasteiger partial charge in [-0.1, -0.05) is 54.6 Å². The molecule has 320 valence electrons. The molecule has 0 radical (unpaired) electrons. The first-order valence-electron chi connectivity index (χ1n) is 21.3. The zero-order valence-corrected chi connectivity index (χ0v) is 35.9. The van der Waals surface area contributed by atoms with Crippen LogP contribution in [0.2, 0.25) is 0 Å². The Hall–Kier alpha value is -9.68. The van der Waals surface area contributed by atoms with E-state index < -0.39 is 0 Å². The molecule has 10 nitrogen and oxygen atoms in total. The van der Waals surface area contributed by atoms with Crippen molar-refractivity contribution >= 4 is 104 Å². The number of para-hydroxylation sites is 3. The summed E-state index contributed by atoms with van der Waals surface area (Å²) >= 11 is 0. The molecule has 0 saturated carbocycles. The standard InChI is InChI=1S/C57H39N7O3/c65-40-58-43-16-22-49(23-17-43)61(46-10-4-1-5-11-46)52-28-34-55(35-29-52)64(56-36-30-53(31-37-56)62(47-12-6-2-7-13-47)50-24-18-44(19-25-50)59-41-66)57-38-32-54(33-39-57)63(48-14-8-3-9-15-48)51-26-20-45(21-27-51)60-42-67/h1-39H. The summed E-state index contributed by atoms with van der Waals surface area (Å²) in [4.78, 5) is 53.0. The van der Waals surface area contributed by atoms with Crippen molar-refractivity contribution in [3.05, 3.63) is 237 Å². The Morgan fingerprint density at radius 2 is 0.358 bits per heavy atom. The molecule has 10 heteroatoms. The average Bonchev–Trinajstić information content (AvgIpc) is 3.38. The highest BCUT2D eigenvalue weighted by atomic mass is 16.1. The fraction of sp³-hybridized carbons (Fsp3) is 0. The molecule has 0 amide bonds. The Labute approximate surface area is 387 Å². The maximum absolute atomic E-state index is 11.0. The Morgan fingerprint density at radius 1 is 0.209 bits per heavy atom. The molecule has 0 aromatic heterocycles. The molecule has 0 saturated heterocycles. The third-order valence-electron chi connectivity index (χ3n) is 11.0. The second-order valence-electron chi connectivity index (χ2n) is 15.1. The monoisotopic (exact) mass is 869 g/mol. The van der Waals surface area contributed by atoms with Gasteiger partial charge in [-0.2, -0.15) is 15.0 Å². The van der Waals surface area contributed by atoms with Crippen LogP contribution in [0.25, 0.3) is 0 Å². The second-order valence-corrected chi connectivity index (χ2v) is 15.1. The van der Waals surface area contributed by atoms with E-state index in [1.165, 1.54) is 0 Å². The lowest BCUT2D eigenvalue weighted by Gasteiger charge is -2.30. The van der Waals surface area contributed by atoms with Crippen LogP contribution >= 0.6 is 0 Å². The molecule has 0 aliphatic heterocycles. The third kappa shape index (κ3) is 9.64. The van der Waals surface area contributed by atoms with E-state index in [0.717, 1.165) is 68.2 Å². The van der Waals surface area contributed by atoms with Gasteiger partial charge in [-0.05, 0) is 182 Å². The number of hydrogen-bond acceptors (Lipinski definition) is 10. The van der Waals surface area contributed by atoms with E-state index in [2.05, 4.69) is 144 Å². The van der Waals surface area contributed by atoms with Crippen molar-refractivity contribution in [1.82, 2.24) is 0 Å². The van der Waals surface area contributed by atoms with E-state index >= 15 is 0 Å². The normalized spacial score (nSPS) is 10.4. The molecule has 0 spiro atoms. The average molecular weight is 870 g/mol. The quantitative estimate of drug-likeness (QED) is 0.0747. The van der Waals surface area contributed by atoms with Crippen LogP contribution in [0.15, 0.2) is 252 Å². The summed E-state index contributed by atoms with van der Waals surface area (Å²) in [6.45, 7) is 0. The first-order chi connectivity index (χ1) is 33.1. The number of rotatable bonds is 15. The number of hydrogen-bond donors (Lipinski definition) is 0. The summed E-state index contributed by atoms with van der Waals surface area (Å²) in [6.07, 6.45) is 4.87.